The molecule has 0 bridgehead atoms. The fourth-order valence-corrected chi connectivity index (χ4v) is 5.08. The summed E-state index contributed by atoms with van der Waals surface area (Å²) in [6, 6.07) is 15.3. The molecule has 1 atom stereocenters. The highest BCUT2D eigenvalue weighted by atomic mass is 35.5. The number of anilines is 2. The second-order valence-electron chi connectivity index (χ2n) is 10.4. The first-order chi connectivity index (χ1) is 21.9. The van der Waals surface area contributed by atoms with Crippen molar-refractivity contribution in [3.05, 3.63) is 105 Å². The molecular formula is C32H32Cl2N6O6. The number of ether oxygens (including phenoxy) is 1. The van der Waals surface area contributed by atoms with E-state index in [0.29, 0.717) is 28.3 Å². The second-order valence-corrected chi connectivity index (χ2v) is 11.2. The number of methoxy groups -OCH3 is 1. The zero-order valence-electron chi connectivity index (χ0n) is 25.2. The number of carbonyl (C=O) groups is 4. The van der Waals surface area contributed by atoms with Gasteiger partial charge >= 0.3 is 12.0 Å². The van der Waals surface area contributed by atoms with Crippen LogP contribution in [-0.4, -0.2) is 63.8 Å². The maximum absolute atomic E-state index is 13.0. The molecule has 12 nitrogen and oxygen atoms in total. The number of amides is 4. The Labute approximate surface area is 275 Å². The number of aliphatic carboxylic acids is 1. The maximum Gasteiger partial charge on any atom is 0.328 e. The van der Waals surface area contributed by atoms with Gasteiger partial charge in [-0.2, -0.15) is 5.10 Å². The number of carboxylic acid groups (broad SMARTS) is 1. The van der Waals surface area contributed by atoms with Gasteiger partial charge in [0.15, 0.2) is 0 Å². The molecule has 14 heteroatoms. The van der Waals surface area contributed by atoms with Crippen LogP contribution < -0.4 is 20.7 Å². The topological polar surface area (TPSA) is 155 Å². The summed E-state index contributed by atoms with van der Waals surface area (Å²) in [5, 5.41) is 22.1. The second kappa shape index (κ2) is 15.3. The summed E-state index contributed by atoms with van der Waals surface area (Å²) in [6.45, 7) is 1.92. The minimum atomic E-state index is -1.33. The molecule has 0 spiro atoms. The van der Waals surface area contributed by atoms with E-state index in [-0.39, 0.29) is 41.0 Å². The molecule has 4 amide bonds. The van der Waals surface area contributed by atoms with Crippen LogP contribution >= 0.6 is 23.2 Å². The lowest BCUT2D eigenvalue weighted by Crippen LogP contribution is -2.44. The first kappa shape index (κ1) is 33.8. The van der Waals surface area contributed by atoms with Crippen molar-refractivity contribution in [1.29, 1.82) is 0 Å². The van der Waals surface area contributed by atoms with Gasteiger partial charge in [-0.1, -0.05) is 53.5 Å². The summed E-state index contributed by atoms with van der Waals surface area (Å²) >= 11 is 12.2. The van der Waals surface area contributed by atoms with Crippen molar-refractivity contribution in [3.63, 3.8) is 0 Å². The SMILES string of the molecule is COc1cc(CC(=O)N(C)Cc2cnn(CC(NC(=O)c3c(Cl)cccc3Cl)C(=O)O)c2)ccc1NC(=O)Nc1ccccc1C. The van der Waals surface area contributed by atoms with Crippen LogP contribution in [0.3, 0.4) is 0 Å². The highest BCUT2D eigenvalue weighted by Crippen LogP contribution is 2.27. The molecule has 3 aromatic carbocycles. The van der Waals surface area contributed by atoms with Gasteiger partial charge in [0, 0.05) is 31.0 Å². The third-order valence-electron chi connectivity index (χ3n) is 6.96. The van der Waals surface area contributed by atoms with Crippen LogP contribution in [0.15, 0.2) is 73.1 Å². The number of aromatic nitrogens is 2. The number of likely N-dealkylation sites (N-methyl/N-ethyl adjacent to an activating group) is 1. The van der Waals surface area contributed by atoms with Crippen LogP contribution in [0.4, 0.5) is 16.2 Å². The predicted molar refractivity (Wildman–Crippen MR) is 175 cm³/mol. The van der Waals surface area contributed by atoms with E-state index in [1.807, 2.05) is 25.1 Å². The van der Waals surface area contributed by atoms with Gasteiger partial charge < -0.3 is 30.7 Å². The van der Waals surface area contributed by atoms with Gasteiger partial charge in [-0.3, -0.25) is 14.3 Å². The standard InChI is InChI=1S/C32H32Cl2N6O6/c1-19-7-4-5-10-24(19)37-32(45)38-25-12-11-20(13-27(25)46-3)14-28(41)39(2)16-21-15-35-40(17-21)18-26(31(43)44)36-30(42)29-22(33)8-6-9-23(29)34/h4-13,15,17,26H,14,16,18H2,1-3H3,(H,36,42)(H,43,44)(H2,37,38,45). The summed E-state index contributed by atoms with van der Waals surface area (Å²) in [5.41, 5.74) is 3.34. The minimum absolute atomic E-state index is 0.0227. The van der Waals surface area contributed by atoms with Crippen LogP contribution in [0, 0.1) is 6.92 Å². The van der Waals surface area contributed by atoms with E-state index in [0.717, 1.165) is 5.56 Å². The normalized spacial score (nSPS) is 11.3. The number of carboxylic acids is 1. The number of nitrogens with zero attached hydrogens (tertiary/aromatic N) is 3. The van der Waals surface area contributed by atoms with Gasteiger partial charge in [-0.05, 0) is 48.4 Å². The van der Waals surface area contributed by atoms with Crippen molar-refractivity contribution in [3.8, 4) is 5.75 Å². The number of hydrogen-bond donors (Lipinski definition) is 4. The Kier molecular flexibility index (Phi) is 11.2. The Morgan fingerprint density at radius 3 is 2.35 bits per heavy atom. The van der Waals surface area contributed by atoms with E-state index < -0.39 is 23.9 Å². The summed E-state index contributed by atoms with van der Waals surface area (Å²) in [7, 11) is 3.11. The molecule has 4 aromatic rings. The molecule has 0 radical (unpaired) electrons. The quantitative estimate of drug-likeness (QED) is 0.161. The molecule has 0 saturated carbocycles. The van der Waals surface area contributed by atoms with Crippen molar-refractivity contribution in [2.24, 2.45) is 0 Å². The average molecular weight is 668 g/mol. The average Bonchev–Trinajstić information content (AvgIpc) is 3.45. The van der Waals surface area contributed by atoms with Gasteiger partial charge in [0.25, 0.3) is 5.91 Å². The van der Waals surface area contributed by atoms with Crippen LogP contribution in [-0.2, 0) is 29.1 Å². The first-order valence-electron chi connectivity index (χ1n) is 14.0. The zero-order chi connectivity index (χ0) is 33.4. The van der Waals surface area contributed by atoms with Crippen molar-refractivity contribution in [2.75, 3.05) is 24.8 Å². The van der Waals surface area contributed by atoms with E-state index in [9.17, 15) is 24.3 Å². The number of urea groups is 1. The molecule has 1 unspecified atom stereocenters. The molecular weight excluding hydrogens is 635 g/mol. The third kappa shape index (κ3) is 8.77. The molecule has 4 rings (SSSR count). The van der Waals surface area contributed by atoms with E-state index in [4.69, 9.17) is 27.9 Å². The summed E-state index contributed by atoms with van der Waals surface area (Å²) < 4.78 is 6.82. The first-order valence-corrected chi connectivity index (χ1v) is 14.7. The highest BCUT2D eigenvalue weighted by molar-refractivity contribution is 6.39. The van der Waals surface area contributed by atoms with E-state index in [1.54, 1.807) is 43.6 Å². The Balaban J connectivity index is 1.33. The number of nitrogens with one attached hydrogen (secondary N) is 3. The van der Waals surface area contributed by atoms with Crippen molar-refractivity contribution in [2.45, 2.75) is 32.5 Å². The fraction of sp³-hybridized carbons (Fsp3) is 0.219. The molecule has 0 aliphatic heterocycles. The van der Waals surface area contributed by atoms with E-state index in [1.165, 1.54) is 35.0 Å². The van der Waals surface area contributed by atoms with Gasteiger partial charge in [-0.25, -0.2) is 9.59 Å². The largest absolute Gasteiger partial charge is 0.495 e. The molecule has 0 aliphatic carbocycles. The molecule has 4 N–H and O–H groups in total. The predicted octanol–water partition coefficient (Wildman–Crippen LogP) is 5.24. The third-order valence-corrected chi connectivity index (χ3v) is 7.59. The van der Waals surface area contributed by atoms with Crippen molar-refractivity contribution < 1.29 is 29.0 Å². The number of aryl methyl sites for hydroxylation is 1. The number of benzene rings is 3. The van der Waals surface area contributed by atoms with Crippen molar-refractivity contribution >= 4 is 58.4 Å². The fourth-order valence-electron chi connectivity index (χ4n) is 4.52. The summed E-state index contributed by atoms with van der Waals surface area (Å²) in [5.74, 6) is -1.80. The lowest BCUT2D eigenvalue weighted by molar-refractivity contribution is -0.139. The number of rotatable bonds is 12. The lowest BCUT2D eigenvalue weighted by atomic mass is 10.1. The van der Waals surface area contributed by atoms with Gasteiger partial charge in [0.05, 0.1) is 47.6 Å². The lowest BCUT2D eigenvalue weighted by Gasteiger charge is -2.18. The Bertz CT molecular complexity index is 1740. The zero-order valence-corrected chi connectivity index (χ0v) is 26.7. The van der Waals surface area contributed by atoms with E-state index >= 15 is 0 Å². The van der Waals surface area contributed by atoms with E-state index in [2.05, 4.69) is 21.0 Å². The number of hydrogen-bond acceptors (Lipinski definition) is 6. The number of halogens is 2. The Hall–Kier alpha value is -5.07. The molecule has 240 valence electrons. The van der Waals surface area contributed by atoms with Crippen LogP contribution in [0.5, 0.6) is 5.75 Å². The molecule has 46 heavy (non-hydrogen) atoms. The van der Waals surface area contributed by atoms with Crippen molar-refractivity contribution in [1.82, 2.24) is 20.0 Å². The smallest absolute Gasteiger partial charge is 0.328 e. The Morgan fingerprint density at radius 2 is 1.67 bits per heavy atom. The summed E-state index contributed by atoms with van der Waals surface area (Å²) in [4.78, 5) is 51.7. The monoisotopic (exact) mass is 666 g/mol. The maximum atomic E-state index is 13.0. The minimum Gasteiger partial charge on any atom is -0.495 e. The number of carbonyl (C=O) groups excluding carboxylic acids is 3. The van der Waals surface area contributed by atoms with Crippen LogP contribution in [0.2, 0.25) is 10.0 Å². The molecule has 0 aliphatic rings. The molecule has 0 saturated heterocycles. The van der Waals surface area contributed by atoms with Gasteiger partial charge in [0.1, 0.15) is 11.8 Å². The van der Waals surface area contributed by atoms with Crippen LogP contribution in [0.1, 0.15) is 27.0 Å². The molecule has 1 heterocycles. The van der Waals surface area contributed by atoms with Gasteiger partial charge in [-0.15, -0.1) is 0 Å². The van der Waals surface area contributed by atoms with Gasteiger partial charge in [0.2, 0.25) is 5.91 Å². The molecule has 0 fully saturated rings. The summed E-state index contributed by atoms with van der Waals surface area (Å²) in [6.07, 6.45) is 3.18. The number of para-hydroxylation sites is 1. The highest BCUT2D eigenvalue weighted by Gasteiger charge is 2.24. The van der Waals surface area contributed by atoms with Crippen LogP contribution in [0.25, 0.3) is 0 Å². The Morgan fingerprint density at radius 1 is 0.978 bits per heavy atom. The molecule has 1 aromatic heterocycles.